The van der Waals surface area contributed by atoms with Crippen molar-refractivity contribution in [3.8, 4) is 10.7 Å². The number of aryl methyl sites for hydroxylation is 1. The topological polar surface area (TPSA) is 88.3 Å². The summed E-state index contributed by atoms with van der Waals surface area (Å²) < 4.78 is 5.29. The fraction of sp³-hybridized carbons (Fsp3) is 0.391. The monoisotopic (exact) mass is 438 g/mol. The molecule has 1 N–H and O–H groups in total. The molecule has 0 aliphatic carbocycles. The zero-order chi connectivity index (χ0) is 21.5. The van der Waals surface area contributed by atoms with Gasteiger partial charge in [0.25, 0.3) is 0 Å². The number of aromatic nitrogens is 2. The maximum atomic E-state index is 13.0. The highest BCUT2D eigenvalue weighted by Crippen LogP contribution is 2.21. The minimum absolute atomic E-state index is 0.00666. The lowest BCUT2D eigenvalue weighted by Gasteiger charge is -2.24. The van der Waals surface area contributed by atoms with Gasteiger partial charge >= 0.3 is 0 Å². The van der Waals surface area contributed by atoms with Gasteiger partial charge in [0.15, 0.2) is 0 Å². The molecule has 2 amide bonds. The van der Waals surface area contributed by atoms with Crippen LogP contribution in [0.2, 0.25) is 0 Å². The Labute approximate surface area is 185 Å². The number of benzene rings is 1. The van der Waals surface area contributed by atoms with E-state index < -0.39 is 6.04 Å². The molecule has 1 aliphatic heterocycles. The fourth-order valence-corrected chi connectivity index (χ4v) is 4.39. The average molecular weight is 439 g/mol. The minimum Gasteiger partial charge on any atom is -0.344 e. The molecular formula is C23H26N4O3S. The van der Waals surface area contributed by atoms with E-state index in [-0.39, 0.29) is 11.8 Å². The molecule has 0 spiro atoms. The summed E-state index contributed by atoms with van der Waals surface area (Å²) in [5.74, 6) is 0.970. The molecule has 1 fully saturated rings. The van der Waals surface area contributed by atoms with Gasteiger partial charge < -0.3 is 14.7 Å². The zero-order valence-electron chi connectivity index (χ0n) is 17.3. The van der Waals surface area contributed by atoms with Crippen LogP contribution >= 0.6 is 11.3 Å². The Balaban J connectivity index is 1.30. The molecule has 1 aromatic carbocycles. The van der Waals surface area contributed by atoms with Gasteiger partial charge in [-0.2, -0.15) is 4.98 Å². The Morgan fingerprint density at radius 2 is 1.94 bits per heavy atom. The standard InChI is InChI=1S/C23H26N4O3S/c28-20(11-6-12-21-25-22(26-30-21)19-10-7-15-31-19)24-18(16-17-8-2-1-3-9-17)23(29)27-13-4-5-14-27/h1-3,7-10,15,18H,4-6,11-14,16H2,(H,24,28). The van der Waals surface area contributed by atoms with Crippen molar-refractivity contribution < 1.29 is 14.1 Å². The molecule has 1 aliphatic rings. The lowest BCUT2D eigenvalue weighted by atomic mass is 10.0. The van der Waals surface area contributed by atoms with Gasteiger partial charge in [0.05, 0.1) is 4.88 Å². The van der Waals surface area contributed by atoms with Gasteiger partial charge in [0.2, 0.25) is 23.5 Å². The molecule has 0 radical (unpaired) electrons. The van der Waals surface area contributed by atoms with Gasteiger partial charge in [0, 0.05) is 32.4 Å². The molecule has 8 heteroatoms. The summed E-state index contributed by atoms with van der Waals surface area (Å²) in [6.07, 6.45) is 3.94. The number of carbonyl (C=O) groups excluding carboxylic acids is 2. The van der Waals surface area contributed by atoms with E-state index in [1.54, 1.807) is 11.3 Å². The fourth-order valence-electron chi connectivity index (χ4n) is 3.74. The van der Waals surface area contributed by atoms with Gasteiger partial charge in [-0.3, -0.25) is 9.59 Å². The minimum atomic E-state index is -0.540. The van der Waals surface area contributed by atoms with E-state index in [9.17, 15) is 9.59 Å². The lowest BCUT2D eigenvalue weighted by Crippen LogP contribution is -2.48. The molecule has 0 saturated carbocycles. The second kappa shape index (κ2) is 10.3. The molecule has 3 heterocycles. The van der Waals surface area contributed by atoms with Crippen LogP contribution in [-0.4, -0.2) is 46.0 Å². The van der Waals surface area contributed by atoms with Crippen LogP contribution in [0.1, 0.15) is 37.1 Å². The number of hydrogen-bond acceptors (Lipinski definition) is 6. The molecule has 7 nitrogen and oxygen atoms in total. The predicted octanol–water partition coefficient (Wildman–Crippen LogP) is 3.47. The maximum absolute atomic E-state index is 13.0. The largest absolute Gasteiger partial charge is 0.344 e. The summed E-state index contributed by atoms with van der Waals surface area (Å²) in [6, 6.07) is 13.1. The molecule has 3 aromatic rings. The highest BCUT2D eigenvalue weighted by atomic mass is 32.1. The molecule has 1 atom stereocenters. The highest BCUT2D eigenvalue weighted by molar-refractivity contribution is 7.13. The number of hydrogen-bond donors (Lipinski definition) is 1. The third-order valence-electron chi connectivity index (χ3n) is 5.34. The molecule has 162 valence electrons. The Bertz CT molecular complexity index is 981. The average Bonchev–Trinajstić information content (AvgIpc) is 3.56. The Kier molecular flexibility index (Phi) is 7.09. The molecular weight excluding hydrogens is 412 g/mol. The number of rotatable bonds is 9. The van der Waals surface area contributed by atoms with Crippen LogP contribution in [-0.2, 0) is 22.4 Å². The number of likely N-dealkylation sites (tertiary alicyclic amines) is 1. The number of thiophene rings is 1. The highest BCUT2D eigenvalue weighted by Gasteiger charge is 2.27. The first-order valence-electron chi connectivity index (χ1n) is 10.7. The molecule has 1 unspecified atom stereocenters. The van der Waals surface area contributed by atoms with E-state index in [1.807, 2.05) is 52.7 Å². The summed E-state index contributed by atoms with van der Waals surface area (Å²) in [5.41, 5.74) is 1.03. The van der Waals surface area contributed by atoms with Crippen molar-refractivity contribution in [2.45, 2.75) is 44.6 Å². The van der Waals surface area contributed by atoms with Crippen molar-refractivity contribution >= 4 is 23.2 Å². The van der Waals surface area contributed by atoms with Crippen LogP contribution < -0.4 is 5.32 Å². The van der Waals surface area contributed by atoms with E-state index in [0.717, 1.165) is 36.4 Å². The SMILES string of the molecule is O=C(CCCc1nc(-c2cccs2)no1)NC(Cc1ccccc1)C(=O)N1CCCC1. The van der Waals surface area contributed by atoms with Gasteiger partial charge in [-0.05, 0) is 36.3 Å². The van der Waals surface area contributed by atoms with Crippen molar-refractivity contribution in [2.75, 3.05) is 13.1 Å². The second-order valence-corrected chi connectivity index (χ2v) is 8.63. The van der Waals surface area contributed by atoms with Crippen LogP contribution in [0.15, 0.2) is 52.4 Å². The van der Waals surface area contributed by atoms with Gasteiger partial charge in [-0.15, -0.1) is 11.3 Å². The smallest absolute Gasteiger partial charge is 0.245 e. The second-order valence-electron chi connectivity index (χ2n) is 7.68. The third-order valence-corrected chi connectivity index (χ3v) is 6.20. The molecule has 0 bridgehead atoms. The quantitative estimate of drug-likeness (QED) is 0.553. The molecule has 4 rings (SSSR count). The number of nitrogens with zero attached hydrogens (tertiary/aromatic N) is 3. The Hall–Kier alpha value is -3.00. The van der Waals surface area contributed by atoms with Gasteiger partial charge in [-0.1, -0.05) is 41.6 Å². The zero-order valence-corrected chi connectivity index (χ0v) is 18.1. The summed E-state index contributed by atoms with van der Waals surface area (Å²) in [5, 5.41) is 8.92. The first-order valence-corrected chi connectivity index (χ1v) is 11.6. The van der Waals surface area contributed by atoms with Crippen LogP contribution in [0.4, 0.5) is 0 Å². The summed E-state index contributed by atoms with van der Waals surface area (Å²) in [4.78, 5) is 32.8. The number of carbonyl (C=O) groups is 2. The van der Waals surface area contributed by atoms with Crippen molar-refractivity contribution in [3.05, 3.63) is 59.3 Å². The number of nitrogens with one attached hydrogen (secondary N) is 1. The number of amides is 2. The van der Waals surface area contributed by atoms with Crippen LogP contribution in [0, 0.1) is 0 Å². The van der Waals surface area contributed by atoms with Crippen LogP contribution in [0.25, 0.3) is 10.7 Å². The predicted molar refractivity (Wildman–Crippen MR) is 118 cm³/mol. The first kappa shape index (κ1) is 21.2. The van der Waals surface area contributed by atoms with E-state index in [0.29, 0.717) is 37.4 Å². The summed E-state index contributed by atoms with van der Waals surface area (Å²) in [6.45, 7) is 1.54. The molecule has 2 aromatic heterocycles. The lowest BCUT2D eigenvalue weighted by molar-refractivity contribution is -0.135. The van der Waals surface area contributed by atoms with E-state index in [2.05, 4.69) is 15.5 Å². The first-order chi connectivity index (χ1) is 15.2. The summed E-state index contributed by atoms with van der Waals surface area (Å²) in [7, 11) is 0. The van der Waals surface area contributed by atoms with Crippen molar-refractivity contribution in [3.63, 3.8) is 0 Å². The van der Waals surface area contributed by atoms with Crippen LogP contribution in [0.5, 0.6) is 0 Å². The Morgan fingerprint density at radius 3 is 2.68 bits per heavy atom. The van der Waals surface area contributed by atoms with Crippen molar-refractivity contribution in [1.29, 1.82) is 0 Å². The third kappa shape index (κ3) is 5.79. The van der Waals surface area contributed by atoms with Gasteiger partial charge in [-0.25, -0.2) is 0 Å². The van der Waals surface area contributed by atoms with Crippen molar-refractivity contribution in [1.82, 2.24) is 20.4 Å². The van der Waals surface area contributed by atoms with Crippen molar-refractivity contribution in [2.24, 2.45) is 0 Å². The van der Waals surface area contributed by atoms with Gasteiger partial charge in [0.1, 0.15) is 6.04 Å². The van der Waals surface area contributed by atoms with E-state index in [4.69, 9.17) is 4.52 Å². The van der Waals surface area contributed by atoms with E-state index >= 15 is 0 Å². The van der Waals surface area contributed by atoms with E-state index in [1.165, 1.54) is 0 Å². The summed E-state index contributed by atoms with van der Waals surface area (Å²) >= 11 is 1.55. The van der Waals surface area contributed by atoms with Crippen LogP contribution in [0.3, 0.4) is 0 Å². The maximum Gasteiger partial charge on any atom is 0.245 e. The normalized spacial score (nSPS) is 14.5. The Morgan fingerprint density at radius 1 is 1.13 bits per heavy atom. The molecule has 31 heavy (non-hydrogen) atoms. The molecule has 1 saturated heterocycles.